The van der Waals surface area contributed by atoms with Crippen molar-refractivity contribution >= 4 is 44.9 Å². The van der Waals surface area contributed by atoms with E-state index in [0.29, 0.717) is 10.4 Å². The topological polar surface area (TPSA) is 74.7 Å². The van der Waals surface area contributed by atoms with E-state index in [9.17, 15) is 26.4 Å². The Morgan fingerprint density at radius 2 is 1.65 bits per heavy atom. The van der Waals surface area contributed by atoms with Gasteiger partial charge in [0.25, 0.3) is 10.0 Å². The van der Waals surface area contributed by atoms with Crippen LogP contribution in [0.2, 0.25) is 10.0 Å². The van der Waals surface area contributed by atoms with Crippen molar-refractivity contribution in [1.29, 1.82) is 0 Å². The largest absolute Gasteiger partial charge is 0.480 e. The minimum absolute atomic E-state index is 0.236. The molecule has 2 rings (SSSR count). The van der Waals surface area contributed by atoms with E-state index in [0.717, 1.165) is 24.3 Å². The summed E-state index contributed by atoms with van der Waals surface area (Å²) < 4.78 is 64.9. The van der Waals surface area contributed by atoms with Crippen LogP contribution >= 0.6 is 23.2 Å². The summed E-state index contributed by atoms with van der Waals surface area (Å²) in [4.78, 5) is 10.8. The van der Waals surface area contributed by atoms with Crippen LogP contribution in [-0.2, 0) is 21.0 Å². The number of rotatable bonds is 5. The van der Waals surface area contributed by atoms with Crippen LogP contribution in [0.4, 0.5) is 18.9 Å². The molecule has 0 aromatic heterocycles. The predicted molar refractivity (Wildman–Crippen MR) is 90.1 cm³/mol. The molecular formula is C15H10Cl2F3NO4S. The van der Waals surface area contributed by atoms with Crippen molar-refractivity contribution in [2.45, 2.75) is 11.1 Å². The summed E-state index contributed by atoms with van der Waals surface area (Å²) >= 11 is 11.2. The quantitative estimate of drug-likeness (QED) is 0.771. The van der Waals surface area contributed by atoms with Gasteiger partial charge in [0.1, 0.15) is 6.54 Å². The van der Waals surface area contributed by atoms with E-state index in [1.165, 1.54) is 12.1 Å². The highest BCUT2D eigenvalue weighted by atomic mass is 35.5. The van der Waals surface area contributed by atoms with Gasteiger partial charge in [-0.05, 0) is 42.5 Å². The molecule has 0 heterocycles. The molecule has 0 saturated carbocycles. The molecule has 2 aromatic rings. The van der Waals surface area contributed by atoms with Gasteiger partial charge >= 0.3 is 12.1 Å². The third kappa shape index (κ3) is 4.40. The second kappa shape index (κ2) is 7.34. The highest BCUT2D eigenvalue weighted by molar-refractivity contribution is 7.92. The molecule has 0 amide bonds. The van der Waals surface area contributed by atoms with Crippen molar-refractivity contribution in [3.8, 4) is 0 Å². The molecule has 26 heavy (non-hydrogen) atoms. The summed E-state index contributed by atoms with van der Waals surface area (Å²) in [5, 5.41) is 8.61. The van der Waals surface area contributed by atoms with Crippen molar-refractivity contribution < 1.29 is 31.5 Å². The first-order valence-corrected chi connectivity index (χ1v) is 8.99. The predicted octanol–water partition coefficient (Wildman–Crippen LogP) is 4.29. The number of aliphatic carboxylic acids is 1. The molecule has 0 bridgehead atoms. The number of anilines is 1. The zero-order valence-electron chi connectivity index (χ0n) is 12.7. The maximum atomic E-state index is 13.0. The van der Waals surface area contributed by atoms with Crippen LogP contribution in [0.5, 0.6) is 0 Å². The number of alkyl halides is 3. The zero-order chi connectivity index (χ0) is 19.7. The molecule has 0 aliphatic carbocycles. The van der Waals surface area contributed by atoms with E-state index in [-0.39, 0.29) is 9.92 Å². The number of halogens is 5. The van der Waals surface area contributed by atoms with Crippen molar-refractivity contribution in [3.05, 3.63) is 58.1 Å². The molecule has 0 saturated heterocycles. The number of nitrogens with zero attached hydrogens (tertiary/aromatic N) is 1. The standard InChI is InChI=1S/C15H10Cl2F3NO4S/c16-9-1-4-11(5-2-9)26(24,25)21(8-14(22)23)10-3-6-13(17)12(7-10)15(18,19)20/h1-7H,8H2,(H,22,23). The van der Waals surface area contributed by atoms with E-state index < -0.39 is 45.0 Å². The van der Waals surface area contributed by atoms with Crippen molar-refractivity contribution in [1.82, 2.24) is 0 Å². The van der Waals surface area contributed by atoms with E-state index in [4.69, 9.17) is 28.3 Å². The first-order chi connectivity index (χ1) is 11.9. The lowest BCUT2D eigenvalue weighted by Gasteiger charge is -2.24. The Balaban J connectivity index is 2.62. The zero-order valence-corrected chi connectivity index (χ0v) is 15.0. The SMILES string of the molecule is O=C(O)CN(c1ccc(Cl)c(C(F)(F)F)c1)S(=O)(=O)c1ccc(Cl)cc1. The lowest BCUT2D eigenvalue weighted by atomic mass is 10.2. The van der Waals surface area contributed by atoms with Crippen LogP contribution in [0.1, 0.15) is 5.56 Å². The lowest BCUT2D eigenvalue weighted by molar-refractivity contribution is -0.137. The van der Waals surface area contributed by atoms with Crippen LogP contribution in [-0.4, -0.2) is 26.0 Å². The molecule has 0 radical (unpaired) electrons. The highest BCUT2D eigenvalue weighted by Gasteiger charge is 2.35. The summed E-state index contributed by atoms with van der Waals surface area (Å²) in [6.07, 6.45) is -4.84. The normalized spacial score (nSPS) is 12.0. The average molecular weight is 428 g/mol. The van der Waals surface area contributed by atoms with Gasteiger partial charge in [0.2, 0.25) is 0 Å². The molecule has 0 atom stereocenters. The molecule has 0 fully saturated rings. The fourth-order valence-corrected chi connectivity index (χ4v) is 3.81. The minimum Gasteiger partial charge on any atom is -0.480 e. The Hall–Kier alpha value is -1.97. The average Bonchev–Trinajstić information content (AvgIpc) is 2.52. The Morgan fingerprint density at radius 3 is 2.15 bits per heavy atom. The number of benzene rings is 2. The third-order valence-electron chi connectivity index (χ3n) is 3.22. The molecular weight excluding hydrogens is 418 g/mol. The smallest absolute Gasteiger partial charge is 0.417 e. The van der Waals surface area contributed by atoms with E-state index in [1.54, 1.807) is 0 Å². The van der Waals surface area contributed by atoms with Crippen molar-refractivity contribution in [3.63, 3.8) is 0 Å². The number of sulfonamides is 1. The summed E-state index contributed by atoms with van der Waals surface area (Å²) in [5.74, 6) is -1.55. The Bertz CT molecular complexity index is 931. The van der Waals surface area contributed by atoms with Gasteiger partial charge in [-0.1, -0.05) is 23.2 Å². The van der Waals surface area contributed by atoms with Crippen LogP contribution < -0.4 is 4.31 Å². The number of carboxylic acid groups (broad SMARTS) is 1. The highest BCUT2D eigenvalue weighted by Crippen LogP contribution is 2.38. The summed E-state index contributed by atoms with van der Waals surface area (Å²) in [5.41, 5.74) is -1.77. The third-order valence-corrected chi connectivity index (χ3v) is 5.59. The minimum atomic E-state index is -4.84. The Kier molecular flexibility index (Phi) is 5.74. The van der Waals surface area contributed by atoms with Gasteiger partial charge in [-0.15, -0.1) is 0 Å². The molecule has 0 aliphatic heterocycles. The van der Waals surface area contributed by atoms with Crippen LogP contribution in [0.3, 0.4) is 0 Å². The summed E-state index contributed by atoms with van der Waals surface area (Å²) in [6, 6.07) is 7.09. The lowest BCUT2D eigenvalue weighted by Crippen LogP contribution is -2.36. The fourth-order valence-electron chi connectivity index (χ4n) is 2.06. The van der Waals surface area contributed by atoms with Gasteiger partial charge in [-0.3, -0.25) is 9.10 Å². The molecule has 2 aromatic carbocycles. The van der Waals surface area contributed by atoms with Gasteiger partial charge in [-0.25, -0.2) is 8.42 Å². The molecule has 0 spiro atoms. The number of hydrogen-bond donors (Lipinski definition) is 1. The van der Waals surface area contributed by atoms with E-state index >= 15 is 0 Å². The molecule has 5 nitrogen and oxygen atoms in total. The van der Waals surface area contributed by atoms with Gasteiger partial charge in [0.15, 0.2) is 0 Å². The molecule has 0 unspecified atom stereocenters. The van der Waals surface area contributed by atoms with Gasteiger partial charge in [-0.2, -0.15) is 13.2 Å². The van der Waals surface area contributed by atoms with E-state index in [1.807, 2.05) is 0 Å². The van der Waals surface area contributed by atoms with Crippen LogP contribution in [0.25, 0.3) is 0 Å². The maximum absolute atomic E-state index is 13.0. The van der Waals surface area contributed by atoms with Gasteiger partial charge < -0.3 is 5.11 Å². The Labute approximate surface area is 156 Å². The number of carbonyl (C=O) groups is 1. The summed E-state index contributed by atoms with van der Waals surface area (Å²) in [7, 11) is -4.46. The molecule has 1 N–H and O–H groups in total. The van der Waals surface area contributed by atoms with Gasteiger partial charge in [0.05, 0.1) is 21.2 Å². The molecule has 11 heteroatoms. The Morgan fingerprint density at radius 1 is 1.08 bits per heavy atom. The summed E-state index contributed by atoms with van der Waals surface area (Å²) in [6.45, 7) is -1.08. The van der Waals surface area contributed by atoms with Crippen molar-refractivity contribution in [2.75, 3.05) is 10.8 Å². The first kappa shape index (κ1) is 20.3. The second-order valence-corrected chi connectivity index (χ2v) is 7.73. The monoisotopic (exact) mass is 427 g/mol. The van der Waals surface area contributed by atoms with Crippen LogP contribution in [0, 0.1) is 0 Å². The number of hydrogen-bond acceptors (Lipinski definition) is 3. The second-order valence-electron chi connectivity index (χ2n) is 5.02. The van der Waals surface area contributed by atoms with Crippen LogP contribution in [0.15, 0.2) is 47.4 Å². The van der Waals surface area contributed by atoms with Gasteiger partial charge in [0, 0.05) is 5.02 Å². The van der Waals surface area contributed by atoms with Crippen molar-refractivity contribution in [2.24, 2.45) is 0 Å². The molecule has 0 aliphatic rings. The first-order valence-electron chi connectivity index (χ1n) is 6.80. The number of carboxylic acids is 1. The van der Waals surface area contributed by atoms with E-state index in [2.05, 4.69) is 0 Å². The fraction of sp³-hybridized carbons (Fsp3) is 0.133. The molecule has 140 valence electrons. The maximum Gasteiger partial charge on any atom is 0.417 e.